The number of amides is 1. The van der Waals surface area contributed by atoms with Gasteiger partial charge in [-0.1, -0.05) is 0 Å². The number of carbonyl (C=O) groups is 1. The van der Waals surface area contributed by atoms with Gasteiger partial charge in [0.25, 0.3) is 0 Å². The topological polar surface area (TPSA) is 51.2 Å². The first-order chi connectivity index (χ1) is 9.76. The van der Waals surface area contributed by atoms with E-state index < -0.39 is 0 Å². The number of nitrogens with one attached hydrogen (secondary N) is 1. The molecule has 1 N–H and O–H groups in total. The van der Waals surface area contributed by atoms with Gasteiger partial charge in [-0.3, -0.25) is 0 Å². The quantitative estimate of drug-likeness (QED) is 0.751. The van der Waals surface area contributed by atoms with Crippen molar-refractivity contribution >= 4 is 34.9 Å². The van der Waals surface area contributed by atoms with E-state index in [4.69, 9.17) is 4.74 Å². The van der Waals surface area contributed by atoms with Gasteiger partial charge >= 0.3 is 122 Å². The number of hydrogen-bond donors (Lipinski definition) is 1. The first-order valence-corrected chi connectivity index (χ1v) is 7.78. The minimum atomic E-state index is -0.119. The van der Waals surface area contributed by atoms with Gasteiger partial charge < -0.3 is 0 Å². The number of benzene rings is 2. The molecule has 5 heteroatoms. The van der Waals surface area contributed by atoms with Crippen LogP contribution in [0.15, 0.2) is 48.5 Å². The van der Waals surface area contributed by atoms with E-state index in [-0.39, 0.29) is 20.4 Å². The molecule has 0 fully saturated rings. The van der Waals surface area contributed by atoms with Crippen LogP contribution in [0.1, 0.15) is 10.4 Å². The van der Waals surface area contributed by atoms with Gasteiger partial charge in [0.2, 0.25) is 0 Å². The van der Waals surface area contributed by atoms with Crippen LogP contribution in [0.2, 0.25) is 0 Å². The summed E-state index contributed by atoms with van der Waals surface area (Å²) in [7, 11) is 1.63. The van der Waals surface area contributed by atoms with Crippen LogP contribution >= 0.6 is 0 Å². The van der Waals surface area contributed by atoms with E-state index in [2.05, 4.69) is 10.3 Å². The van der Waals surface area contributed by atoms with Crippen LogP contribution in [0.4, 0.5) is 4.69 Å². The summed E-state index contributed by atoms with van der Waals surface area (Å²) in [5.74, 6) is 0.657. The summed E-state index contributed by atoms with van der Waals surface area (Å²) in [6, 6.07) is 14.9. The summed E-state index contributed by atoms with van der Waals surface area (Å²) in [4.78, 5) is 16.5. The molecule has 100 valence electrons. The molecule has 0 saturated carbocycles. The molecule has 0 aliphatic heterocycles. The second-order valence-electron chi connectivity index (χ2n) is 4.17. The Kier molecular flexibility index (Phi) is 3.54. The van der Waals surface area contributed by atoms with Crippen LogP contribution in [-0.2, 0) is 0 Å². The van der Waals surface area contributed by atoms with Crippen LogP contribution in [0.25, 0.3) is 9.78 Å². The number of aromatic nitrogens is 1. The van der Waals surface area contributed by atoms with Crippen molar-refractivity contribution in [3.8, 4) is 5.75 Å². The molecule has 1 aromatic heterocycles. The maximum absolute atomic E-state index is 12.1. The summed E-state index contributed by atoms with van der Waals surface area (Å²) in [5, 5.41) is 2.88. The third kappa shape index (κ3) is 2.59. The SMILES string of the molecule is COc1ccc2[se]c(NC(=O)c3ccccc3)nc2c1. The average molecular weight is 331 g/mol. The molecule has 20 heavy (non-hydrogen) atoms. The van der Waals surface area contributed by atoms with Gasteiger partial charge in [0, 0.05) is 0 Å². The number of hydrogen-bond acceptors (Lipinski definition) is 3. The third-order valence-electron chi connectivity index (χ3n) is 2.85. The summed E-state index contributed by atoms with van der Waals surface area (Å²) in [6.45, 7) is 0. The zero-order valence-corrected chi connectivity index (χ0v) is 12.5. The normalized spacial score (nSPS) is 10.4. The van der Waals surface area contributed by atoms with Crippen LogP contribution in [0.3, 0.4) is 0 Å². The van der Waals surface area contributed by atoms with Gasteiger partial charge in [-0.05, 0) is 0 Å². The molecular weight excluding hydrogens is 319 g/mol. The Bertz CT molecular complexity index is 753. The Morgan fingerprint density at radius 1 is 1.20 bits per heavy atom. The number of fused-ring (bicyclic) bond motifs is 1. The van der Waals surface area contributed by atoms with Crippen molar-refractivity contribution in [3.05, 3.63) is 54.1 Å². The number of nitrogens with zero attached hydrogens (tertiary/aromatic N) is 1. The molecule has 4 nitrogen and oxygen atoms in total. The summed E-state index contributed by atoms with van der Waals surface area (Å²) < 4.78 is 7.06. The Morgan fingerprint density at radius 3 is 2.75 bits per heavy atom. The minimum absolute atomic E-state index is 0.0338. The van der Waals surface area contributed by atoms with E-state index in [1.807, 2.05) is 36.4 Å². The molecule has 0 atom stereocenters. The molecular formula is C15H12N2O2Se. The molecule has 0 bridgehead atoms. The van der Waals surface area contributed by atoms with E-state index in [1.165, 1.54) is 0 Å². The zero-order valence-electron chi connectivity index (χ0n) is 10.8. The summed E-state index contributed by atoms with van der Waals surface area (Å²) in [6.07, 6.45) is 0. The Hall–Kier alpha value is -2.10. The van der Waals surface area contributed by atoms with Crippen molar-refractivity contribution in [1.82, 2.24) is 4.98 Å². The van der Waals surface area contributed by atoms with E-state index in [1.54, 1.807) is 19.2 Å². The van der Waals surface area contributed by atoms with Crippen molar-refractivity contribution in [2.75, 3.05) is 12.4 Å². The molecule has 1 amide bonds. The summed E-state index contributed by atoms with van der Waals surface area (Å²) >= 11 is 0.0338. The fourth-order valence-electron chi connectivity index (χ4n) is 1.85. The maximum atomic E-state index is 12.1. The van der Waals surface area contributed by atoms with Gasteiger partial charge in [-0.2, -0.15) is 0 Å². The molecule has 3 aromatic rings. The molecule has 3 rings (SSSR count). The van der Waals surface area contributed by atoms with E-state index in [9.17, 15) is 4.79 Å². The van der Waals surface area contributed by atoms with E-state index in [0.717, 1.165) is 20.2 Å². The predicted octanol–water partition coefficient (Wildman–Crippen LogP) is 2.55. The number of carbonyl (C=O) groups excluding carboxylic acids is 1. The van der Waals surface area contributed by atoms with Gasteiger partial charge in [-0.25, -0.2) is 0 Å². The third-order valence-corrected chi connectivity index (χ3v) is 4.85. The van der Waals surface area contributed by atoms with Gasteiger partial charge in [0.05, 0.1) is 0 Å². The molecule has 0 saturated heterocycles. The molecule has 0 unspecified atom stereocenters. The standard InChI is InChI=1S/C15H12N2O2Se/c1-19-11-7-8-13-12(9-11)16-15(20-13)17-14(18)10-5-3-2-4-6-10/h2-9H,1H3,(H,16,17,18). The molecule has 0 aliphatic rings. The molecule has 0 spiro atoms. The Morgan fingerprint density at radius 2 is 2.00 bits per heavy atom. The number of rotatable bonds is 3. The number of ether oxygens (including phenoxy) is 1. The zero-order chi connectivity index (χ0) is 13.9. The van der Waals surface area contributed by atoms with Crippen molar-refractivity contribution in [2.45, 2.75) is 0 Å². The average Bonchev–Trinajstić information content (AvgIpc) is 2.89. The van der Waals surface area contributed by atoms with Gasteiger partial charge in [0.15, 0.2) is 0 Å². The number of anilines is 1. The fourth-order valence-corrected chi connectivity index (χ4v) is 3.61. The van der Waals surface area contributed by atoms with Crippen LogP contribution in [-0.4, -0.2) is 32.5 Å². The van der Waals surface area contributed by atoms with E-state index in [0.29, 0.717) is 5.56 Å². The van der Waals surface area contributed by atoms with Crippen molar-refractivity contribution < 1.29 is 9.53 Å². The summed E-state index contributed by atoms with van der Waals surface area (Å²) in [5.41, 5.74) is 1.52. The fraction of sp³-hybridized carbons (Fsp3) is 0.0667. The molecule has 0 radical (unpaired) electrons. The van der Waals surface area contributed by atoms with Crippen molar-refractivity contribution in [2.24, 2.45) is 0 Å². The van der Waals surface area contributed by atoms with Crippen molar-refractivity contribution in [1.29, 1.82) is 0 Å². The molecule has 1 heterocycles. The number of methoxy groups -OCH3 is 1. The second kappa shape index (κ2) is 5.49. The second-order valence-corrected chi connectivity index (χ2v) is 6.34. The van der Waals surface area contributed by atoms with Crippen LogP contribution in [0, 0.1) is 0 Å². The van der Waals surface area contributed by atoms with Crippen LogP contribution < -0.4 is 10.1 Å². The van der Waals surface area contributed by atoms with Crippen molar-refractivity contribution in [3.63, 3.8) is 0 Å². The van der Waals surface area contributed by atoms with E-state index >= 15 is 0 Å². The van der Waals surface area contributed by atoms with Crippen LogP contribution in [0.5, 0.6) is 5.75 Å². The Balaban J connectivity index is 1.86. The molecule has 0 aliphatic carbocycles. The first-order valence-electron chi connectivity index (χ1n) is 6.07. The monoisotopic (exact) mass is 332 g/mol. The van der Waals surface area contributed by atoms with Gasteiger partial charge in [-0.15, -0.1) is 0 Å². The molecule has 2 aromatic carbocycles. The predicted molar refractivity (Wildman–Crippen MR) is 79.6 cm³/mol. The first kappa shape index (κ1) is 12.9. The Labute approximate surface area is 122 Å². The van der Waals surface area contributed by atoms with Gasteiger partial charge in [0.1, 0.15) is 0 Å².